The molecule has 3 aliphatic heterocycles. The Balaban J connectivity index is 1.41. The maximum atomic E-state index is 13.6. The molecule has 3 saturated heterocycles. The van der Waals surface area contributed by atoms with Crippen molar-refractivity contribution < 1.29 is 18.4 Å². The minimum Gasteiger partial charge on any atom is -0.330 e. The van der Waals surface area contributed by atoms with Gasteiger partial charge in [0, 0.05) is 31.7 Å². The van der Waals surface area contributed by atoms with Gasteiger partial charge in [-0.1, -0.05) is 0 Å². The van der Waals surface area contributed by atoms with E-state index in [2.05, 4.69) is 6.07 Å². The van der Waals surface area contributed by atoms with E-state index in [4.69, 9.17) is 5.73 Å². The number of benzene rings is 1. The summed E-state index contributed by atoms with van der Waals surface area (Å²) in [5, 5.41) is 9.19. The normalized spacial score (nSPS) is 28.1. The van der Waals surface area contributed by atoms with Crippen LogP contribution in [0.2, 0.25) is 0 Å². The Morgan fingerprint density at radius 1 is 1.33 bits per heavy atom. The van der Waals surface area contributed by atoms with Gasteiger partial charge >= 0.3 is 0 Å². The average molecular weight is 417 g/mol. The lowest BCUT2D eigenvalue weighted by Crippen LogP contribution is -2.56. The van der Waals surface area contributed by atoms with E-state index in [0.717, 1.165) is 12.5 Å². The Labute approximate surface area is 174 Å². The molecular weight excluding hydrogens is 392 g/mol. The van der Waals surface area contributed by atoms with Crippen LogP contribution >= 0.6 is 0 Å². The molecule has 5 atom stereocenters. The second-order valence-corrected chi connectivity index (χ2v) is 8.41. The first-order chi connectivity index (χ1) is 14.3. The summed E-state index contributed by atoms with van der Waals surface area (Å²) in [7, 11) is 0. The fraction of sp³-hybridized carbons (Fsp3) is 0.571. The summed E-state index contributed by atoms with van der Waals surface area (Å²) >= 11 is 0. The zero-order valence-electron chi connectivity index (χ0n) is 16.8. The number of halogens is 2. The quantitative estimate of drug-likeness (QED) is 0.776. The molecule has 3 fully saturated rings. The molecule has 9 heteroatoms. The molecule has 3 aliphatic rings. The molecule has 3 heterocycles. The average Bonchev–Trinajstić information content (AvgIpc) is 3.40. The Morgan fingerprint density at radius 2 is 2.03 bits per heavy atom. The summed E-state index contributed by atoms with van der Waals surface area (Å²) in [6.07, 6.45) is 2.05. The van der Waals surface area contributed by atoms with Crippen molar-refractivity contribution in [3.8, 4) is 6.07 Å². The van der Waals surface area contributed by atoms with E-state index in [1.54, 1.807) is 11.8 Å². The Morgan fingerprint density at radius 3 is 2.67 bits per heavy atom. The molecule has 30 heavy (non-hydrogen) atoms. The summed E-state index contributed by atoms with van der Waals surface area (Å²) in [4.78, 5) is 30.8. The third-order valence-corrected chi connectivity index (χ3v) is 6.53. The van der Waals surface area contributed by atoms with Gasteiger partial charge in [-0.25, -0.2) is 8.78 Å². The molecule has 0 spiro atoms. The second-order valence-electron chi connectivity index (χ2n) is 8.41. The number of carbonyl (C=O) groups excluding carboxylic acids is 2. The van der Waals surface area contributed by atoms with Crippen LogP contribution in [0.3, 0.4) is 0 Å². The zero-order chi connectivity index (χ0) is 21.6. The van der Waals surface area contributed by atoms with E-state index in [1.165, 1.54) is 17.0 Å². The molecule has 2 N–H and O–H groups in total. The van der Waals surface area contributed by atoms with Gasteiger partial charge in [0.15, 0.2) is 0 Å². The monoisotopic (exact) mass is 417 g/mol. The predicted molar refractivity (Wildman–Crippen MR) is 104 cm³/mol. The molecule has 0 aromatic heterocycles. The van der Waals surface area contributed by atoms with Crippen LogP contribution in [0, 0.1) is 23.0 Å². The van der Waals surface area contributed by atoms with Crippen LogP contribution < -0.4 is 5.73 Å². The molecular formula is C21H25F2N5O2. The van der Waals surface area contributed by atoms with E-state index in [-0.39, 0.29) is 30.4 Å². The van der Waals surface area contributed by atoms with Gasteiger partial charge in [0.1, 0.15) is 17.7 Å². The highest BCUT2D eigenvalue weighted by molar-refractivity contribution is 5.87. The molecule has 5 unspecified atom stereocenters. The minimum atomic E-state index is -0.797. The molecule has 1 aromatic carbocycles. The minimum absolute atomic E-state index is 0.0928. The summed E-state index contributed by atoms with van der Waals surface area (Å²) in [5.74, 6) is -1.71. The summed E-state index contributed by atoms with van der Waals surface area (Å²) in [5.41, 5.74) is 6.56. The lowest BCUT2D eigenvalue weighted by Gasteiger charge is -2.38. The number of fused-ring (bicyclic) bond motifs is 2. The van der Waals surface area contributed by atoms with Crippen molar-refractivity contribution in [2.45, 2.75) is 56.4 Å². The van der Waals surface area contributed by atoms with Crippen LogP contribution in [0.15, 0.2) is 18.2 Å². The predicted octanol–water partition coefficient (Wildman–Crippen LogP) is 1.15. The number of nitrogens with zero attached hydrogens (tertiary/aromatic N) is 4. The molecule has 7 nitrogen and oxygen atoms in total. The van der Waals surface area contributed by atoms with E-state index in [1.807, 2.05) is 4.90 Å². The lowest BCUT2D eigenvalue weighted by molar-refractivity contribution is -0.141. The van der Waals surface area contributed by atoms with Crippen molar-refractivity contribution in [2.75, 3.05) is 19.6 Å². The molecule has 0 aliphatic carbocycles. The Bertz CT molecular complexity index is 884. The van der Waals surface area contributed by atoms with Crippen LogP contribution in [0.5, 0.6) is 0 Å². The zero-order valence-corrected chi connectivity index (χ0v) is 16.8. The molecule has 4 rings (SSSR count). The van der Waals surface area contributed by atoms with Crippen molar-refractivity contribution in [2.24, 2.45) is 5.73 Å². The van der Waals surface area contributed by atoms with E-state index in [0.29, 0.717) is 31.5 Å². The SMILES string of the molecule is CC(c1cc(F)cc(F)c1)N1C(=O)C2CC1CN2CC(N)C(=O)N1CCCC1C#N. The van der Waals surface area contributed by atoms with Gasteiger partial charge in [0.25, 0.3) is 0 Å². The maximum absolute atomic E-state index is 13.6. The number of rotatable bonds is 5. The van der Waals surface area contributed by atoms with Crippen LogP contribution in [-0.2, 0) is 9.59 Å². The van der Waals surface area contributed by atoms with Crippen LogP contribution in [0.25, 0.3) is 0 Å². The number of amides is 2. The Hall–Kier alpha value is -2.57. The molecule has 2 bridgehead atoms. The van der Waals surface area contributed by atoms with Gasteiger partial charge < -0.3 is 15.5 Å². The number of carbonyl (C=O) groups is 2. The van der Waals surface area contributed by atoms with Crippen molar-refractivity contribution in [3.63, 3.8) is 0 Å². The lowest BCUT2D eigenvalue weighted by atomic mass is 10.0. The summed E-state index contributed by atoms with van der Waals surface area (Å²) < 4.78 is 27.2. The summed E-state index contributed by atoms with van der Waals surface area (Å²) in [6, 6.07) is 3.30. The smallest absolute Gasteiger partial charge is 0.241 e. The van der Waals surface area contributed by atoms with Gasteiger partial charge in [-0.05, 0) is 43.9 Å². The molecule has 0 saturated carbocycles. The highest BCUT2D eigenvalue weighted by Crippen LogP contribution is 2.38. The molecule has 2 amide bonds. The van der Waals surface area contributed by atoms with E-state index in [9.17, 15) is 23.6 Å². The third-order valence-electron chi connectivity index (χ3n) is 6.53. The van der Waals surface area contributed by atoms with Crippen molar-refractivity contribution in [1.82, 2.24) is 14.7 Å². The van der Waals surface area contributed by atoms with Crippen molar-refractivity contribution in [1.29, 1.82) is 5.26 Å². The first-order valence-electron chi connectivity index (χ1n) is 10.3. The number of nitrogens with two attached hydrogens (primary N) is 1. The van der Waals surface area contributed by atoms with Crippen molar-refractivity contribution >= 4 is 11.8 Å². The number of hydrogen-bond donors (Lipinski definition) is 1. The number of piperazine rings is 1. The summed E-state index contributed by atoms with van der Waals surface area (Å²) in [6.45, 7) is 3.10. The second kappa shape index (κ2) is 7.93. The van der Waals surface area contributed by atoms with Crippen molar-refractivity contribution in [3.05, 3.63) is 35.4 Å². The number of nitriles is 1. The van der Waals surface area contributed by atoms with Crippen LogP contribution in [0.4, 0.5) is 8.78 Å². The third kappa shape index (κ3) is 3.55. The van der Waals surface area contributed by atoms with E-state index < -0.39 is 29.8 Å². The highest BCUT2D eigenvalue weighted by Gasteiger charge is 2.51. The van der Waals surface area contributed by atoms with Gasteiger partial charge in [-0.3, -0.25) is 14.5 Å². The fourth-order valence-corrected chi connectivity index (χ4v) is 5.08. The largest absolute Gasteiger partial charge is 0.330 e. The van der Waals surface area contributed by atoms with Gasteiger partial charge in [-0.15, -0.1) is 0 Å². The Kier molecular flexibility index (Phi) is 5.47. The molecule has 160 valence electrons. The number of hydrogen-bond acceptors (Lipinski definition) is 5. The maximum Gasteiger partial charge on any atom is 0.241 e. The van der Waals surface area contributed by atoms with E-state index >= 15 is 0 Å². The topological polar surface area (TPSA) is 93.7 Å². The van der Waals surface area contributed by atoms with Gasteiger partial charge in [0.05, 0.1) is 24.2 Å². The first-order valence-corrected chi connectivity index (χ1v) is 10.3. The van der Waals surface area contributed by atoms with Gasteiger partial charge in [-0.2, -0.15) is 5.26 Å². The standard InChI is InChI=1S/C21H25F2N5O2/c1-12(13-5-14(22)7-15(23)6-13)28-17-8-19(21(28)30)26(10-17)11-18(25)20(29)27-4-2-3-16(27)9-24/h5-7,12,16-19H,2-4,8,10-11,25H2,1H3. The molecule has 1 aromatic rings. The highest BCUT2D eigenvalue weighted by atomic mass is 19.1. The number of likely N-dealkylation sites (tertiary alicyclic amines) is 3. The fourth-order valence-electron chi connectivity index (χ4n) is 5.08. The van der Waals surface area contributed by atoms with Gasteiger partial charge in [0.2, 0.25) is 11.8 Å². The first kappa shape index (κ1) is 20.7. The molecule has 0 radical (unpaired) electrons. The van der Waals surface area contributed by atoms with Crippen LogP contribution in [0.1, 0.15) is 37.8 Å². The van der Waals surface area contributed by atoms with Crippen LogP contribution in [-0.4, -0.2) is 70.3 Å².